The number of benzene rings is 2. The number of nitrogens with zero attached hydrogens (tertiary/aromatic N) is 1. The molecule has 0 aliphatic heterocycles. The molecule has 2 aromatic rings. The summed E-state index contributed by atoms with van der Waals surface area (Å²) in [6.07, 6.45) is 0. The summed E-state index contributed by atoms with van der Waals surface area (Å²) in [5.74, 6) is -1.07. The second kappa shape index (κ2) is 5.72. The standard InChI is InChI=1S/C14H10ClFN2O2S/c15-11-2-4-14(13(18)6-11)21(19,20)8-9-1-3-12(16)10(5-9)7-17/h1-6H,8,18H2. The van der Waals surface area contributed by atoms with Crippen molar-refractivity contribution in [3.8, 4) is 6.07 Å². The zero-order valence-electron chi connectivity index (χ0n) is 10.7. The number of nitrogens with two attached hydrogens (primary N) is 1. The first kappa shape index (κ1) is 15.3. The third-order valence-electron chi connectivity index (χ3n) is 2.81. The Labute approximate surface area is 126 Å². The Bertz CT molecular complexity index is 845. The molecule has 21 heavy (non-hydrogen) atoms. The van der Waals surface area contributed by atoms with Gasteiger partial charge in [0.05, 0.1) is 21.9 Å². The molecule has 108 valence electrons. The van der Waals surface area contributed by atoms with Crippen molar-refractivity contribution in [2.24, 2.45) is 0 Å². The van der Waals surface area contributed by atoms with Gasteiger partial charge >= 0.3 is 0 Å². The molecule has 0 saturated carbocycles. The van der Waals surface area contributed by atoms with E-state index in [9.17, 15) is 12.8 Å². The van der Waals surface area contributed by atoms with Gasteiger partial charge in [0.1, 0.15) is 11.9 Å². The van der Waals surface area contributed by atoms with Gasteiger partial charge in [-0.05, 0) is 35.9 Å². The number of nitrogen functional groups attached to an aromatic ring is 1. The highest BCUT2D eigenvalue weighted by Gasteiger charge is 2.19. The molecule has 2 aromatic carbocycles. The van der Waals surface area contributed by atoms with Gasteiger partial charge in [0, 0.05) is 5.02 Å². The molecule has 0 radical (unpaired) electrons. The van der Waals surface area contributed by atoms with Gasteiger partial charge in [-0.15, -0.1) is 0 Å². The van der Waals surface area contributed by atoms with Gasteiger partial charge in [0.25, 0.3) is 0 Å². The van der Waals surface area contributed by atoms with Crippen LogP contribution in [0.5, 0.6) is 0 Å². The molecule has 0 unspecified atom stereocenters. The lowest BCUT2D eigenvalue weighted by Crippen LogP contribution is -2.08. The normalized spacial score (nSPS) is 11.1. The maximum absolute atomic E-state index is 13.2. The van der Waals surface area contributed by atoms with Crippen LogP contribution in [0.1, 0.15) is 11.1 Å². The molecule has 0 spiro atoms. The monoisotopic (exact) mass is 324 g/mol. The lowest BCUT2D eigenvalue weighted by atomic mass is 10.1. The molecular weight excluding hydrogens is 315 g/mol. The van der Waals surface area contributed by atoms with E-state index in [0.29, 0.717) is 10.6 Å². The van der Waals surface area contributed by atoms with E-state index in [-0.39, 0.29) is 21.9 Å². The molecule has 0 aliphatic carbocycles. The van der Waals surface area contributed by atoms with E-state index in [1.54, 1.807) is 6.07 Å². The van der Waals surface area contributed by atoms with Gasteiger partial charge in [0.2, 0.25) is 0 Å². The van der Waals surface area contributed by atoms with Gasteiger partial charge in [-0.1, -0.05) is 17.7 Å². The topological polar surface area (TPSA) is 84.0 Å². The summed E-state index contributed by atoms with van der Waals surface area (Å²) in [5, 5.41) is 9.09. The quantitative estimate of drug-likeness (QED) is 0.880. The lowest BCUT2D eigenvalue weighted by molar-refractivity contribution is 0.595. The van der Waals surface area contributed by atoms with Crippen molar-refractivity contribution in [2.45, 2.75) is 10.6 Å². The summed E-state index contributed by atoms with van der Waals surface area (Å²) in [5.41, 5.74) is 5.82. The Morgan fingerprint density at radius 1 is 1.24 bits per heavy atom. The lowest BCUT2D eigenvalue weighted by Gasteiger charge is -2.08. The van der Waals surface area contributed by atoms with E-state index in [4.69, 9.17) is 22.6 Å². The minimum absolute atomic E-state index is 0.0464. The molecule has 0 aliphatic rings. The van der Waals surface area contributed by atoms with Crippen LogP contribution in [0, 0.1) is 17.1 Å². The maximum Gasteiger partial charge on any atom is 0.184 e. The van der Waals surface area contributed by atoms with Crippen LogP contribution in [0.4, 0.5) is 10.1 Å². The molecular formula is C14H10ClFN2O2S. The number of rotatable bonds is 3. The van der Waals surface area contributed by atoms with Crippen LogP contribution in [0.2, 0.25) is 5.02 Å². The maximum atomic E-state index is 13.2. The highest BCUT2D eigenvalue weighted by molar-refractivity contribution is 7.90. The fourth-order valence-electron chi connectivity index (χ4n) is 1.85. The third kappa shape index (κ3) is 3.32. The molecule has 0 atom stereocenters. The Balaban J connectivity index is 2.40. The molecule has 0 bridgehead atoms. The molecule has 2 rings (SSSR count). The minimum Gasteiger partial charge on any atom is -0.398 e. The second-order valence-electron chi connectivity index (χ2n) is 4.37. The van der Waals surface area contributed by atoms with Crippen molar-refractivity contribution in [3.05, 3.63) is 58.4 Å². The first-order chi connectivity index (χ1) is 9.83. The molecule has 4 nitrogen and oxygen atoms in total. The van der Waals surface area contributed by atoms with E-state index < -0.39 is 15.7 Å². The van der Waals surface area contributed by atoms with Crippen molar-refractivity contribution < 1.29 is 12.8 Å². The number of sulfone groups is 1. The summed E-state index contributed by atoms with van der Waals surface area (Å²) < 4.78 is 37.9. The summed E-state index contributed by atoms with van der Waals surface area (Å²) in [7, 11) is -3.71. The van der Waals surface area contributed by atoms with Gasteiger partial charge in [-0.25, -0.2) is 12.8 Å². The summed E-state index contributed by atoms with van der Waals surface area (Å²) in [4.78, 5) is -0.0465. The zero-order chi connectivity index (χ0) is 15.6. The highest BCUT2D eigenvalue weighted by atomic mass is 35.5. The average molecular weight is 325 g/mol. The SMILES string of the molecule is N#Cc1cc(CS(=O)(=O)c2ccc(Cl)cc2N)ccc1F. The van der Waals surface area contributed by atoms with E-state index in [2.05, 4.69) is 0 Å². The zero-order valence-corrected chi connectivity index (χ0v) is 12.2. The van der Waals surface area contributed by atoms with E-state index in [1.165, 1.54) is 30.3 Å². The predicted octanol–water partition coefficient (Wildman–Crippen LogP) is 2.91. The van der Waals surface area contributed by atoms with Gasteiger partial charge in [0.15, 0.2) is 9.84 Å². The Morgan fingerprint density at radius 2 is 1.95 bits per heavy atom. The van der Waals surface area contributed by atoms with Crippen molar-refractivity contribution in [3.63, 3.8) is 0 Å². The smallest absolute Gasteiger partial charge is 0.184 e. The van der Waals surface area contributed by atoms with E-state index >= 15 is 0 Å². The summed E-state index contributed by atoms with van der Waals surface area (Å²) in [6.45, 7) is 0. The third-order valence-corrected chi connectivity index (χ3v) is 4.81. The van der Waals surface area contributed by atoms with Crippen LogP contribution in [0.25, 0.3) is 0 Å². The largest absolute Gasteiger partial charge is 0.398 e. The van der Waals surface area contributed by atoms with Gasteiger partial charge in [-0.3, -0.25) is 0 Å². The van der Waals surface area contributed by atoms with E-state index in [0.717, 1.165) is 6.07 Å². The molecule has 0 heterocycles. The van der Waals surface area contributed by atoms with Crippen molar-refractivity contribution >= 4 is 27.1 Å². The molecule has 0 saturated heterocycles. The molecule has 0 aromatic heterocycles. The fourth-order valence-corrected chi connectivity index (χ4v) is 3.50. The molecule has 0 fully saturated rings. The number of hydrogen-bond donors (Lipinski definition) is 1. The van der Waals surface area contributed by atoms with Crippen LogP contribution in [-0.2, 0) is 15.6 Å². The van der Waals surface area contributed by atoms with Crippen LogP contribution in [0.3, 0.4) is 0 Å². The Hall–Kier alpha value is -2.10. The van der Waals surface area contributed by atoms with Crippen LogP contribution in [-0.4, -0.2) is 8.42 Å². The Kier molecular flexibility index (Phi) is 4.16. The van der Waals surface area contributed by atoms with Crippen LogP contribution >= 0.6 is 11.6 Å². The fraction of sp³-hybridized carbons (Fsp3) is 0.0714. The summed E-state index contributed by atoms with van der Waals surface area (Å²) >= 11 is 5.73. The first-order valence-corrected chi connectivity index (χ1v) is 7.83. The molecule has 2 N–H and O–H groups in total. The number of halogens is 2. The van der Waals surface area contributed by atoms with Gasteiger partial charge in [-0.2, -0.15) is 5.26 Å². The summed E-state index contributed by atoms with van der Waals surface area (Å²) in [6, 6.07) is 9.35. The van der Waals surface area contributed by atoms with Crippen molar-refractivity contribution in [2.75, 3.05) is 5.73 Å². The van der Waals surface area contributed by atoms with Crippen molar-refractivity contribution in [1.82, 2.24) is 0 Å². The van der Waals surface area contributed by atoms with E-state index in [1.807, 2.05) is 0 Å². The number of nitriles is 1. The van der Waals surface area contributed by atoms with Gasteiger partial charge < -0.3 is 5.73 Å². The minimum atomic E-state index is -3.71. The van der Waals surface area contributed by atoms with Crippen LogP contribution < -0.4 is 5.73 Å². The number of hydrogen-bond acceptors (Lipinski definition) is 4. The second-order valence-corrected chi connectivity index (χ2v) is 6.76. The highest BCUT2D eigenvalue weighted by Crippen LogP contribution is 2.26. The molecule has 7 heteroatoms. The first-order valence-electron chi connectivity index (χ1n) is 5.80. The van der Waals surface area contributed by atoms with Crippen LogP contribution in [0.15, 0.2) is 41.3 Å². The van der Waals surface area contributed by atoms with Crippen molar-refractivity contribution in [1.29, 1.82) is 5.26 Å². The average Bonchev–Trinajstić information content (AvgIpc) is 2.40. The predicted molar refractivity (Wildman–Crippen MR) is 77.9 cm³/mol. The number of anilines is 1. The Morgan fingerprint density at radius 3 is 2.57 bits per heavy atom. The molecule has 0 amide bonds.